The summed E-state index contributed by atoms with van der Waals surface area (Å²) in [5.41, 5.74) is 0.116. The van der Waals surface area contributed by atoms with Crippen molar-refractivity contribution in [2.45, 2.75) is 32.3 Å². The first-order valence-corrected chi connectivity index (χ1v) is 7.94. The van der Waals surface area contributed by atoms with Crippen molar-refractivity contribution >= 4 is 12.0 Å². The molecule has 1 saturated heterocycles. The minimum absolute atomic E-state index is 0.413. The number of aliphatic carboxylic acids is 1. The Kier molecular flexibility index (Phi) is 5.75. The first-order chi connectivity index (χ1) is 10.6. The van der Waals surface area contributed by atoms with E-state index in [2.05, 4.69) is 11.0 Å². The molecule has 2 rings (SSSR count). The van der Waals surface area contributed by atoms with Crippen molar-refractivity contribution in [3.63, 3.8) is 0 Å². The Labute approximate surface area is 132 Å². The van der Waals surface area contributed by atoms with Crippen LogP contribution in [0.2, 0.25) is 0 Å². The zero-order chi connectivity index (χ0) is 16.0. The average Bonchev–Trinajstić information content (AvgIpc) is 2.51. The number of aliphatic hydroxyl groups excluding tert-OH is 1. The van der Waals surface area contributed by atoms with Crippen LogP contribution in [0.25, 0.3) is 6.08 Å². The predicted octanol–water partition coefficient (Wildman–Crippen LogP) is 2.64. The third kappa shape index (κ3) is 3.76. The molecule has 4 nitrogen and oxygen atoms in total. The fourth-order valence-corrected chi connectivity index (χ4v) is 3.23. The van der Waals surface area contributed by atoms with E-state index in [1.54, 1.807) is 0 Å². The fraction of sp³-hybridized carbons (Fsp3) is 0.500. The Hall–Kier alpha value is -1.65. The van der Waals surface area contributed by atoms with Crippen molar-refractivity contribution in [1.82, 2.24) is 4.90 Å². The third-order valence-corrected chi connectivity index (χ3v) is 4.46. The highest BCUT2D eigenvalue weighted by molar-refractivity contribution is 5.76. The smallest absolute Gasteiger partial charge is 0.313 e. The summed E-state index contributed by atoms with van der Waals surface area (Å²) in [5.74, 6) is -0.876. The maximum absolute atomic E-state index is 11.7. The third-order valence-electron chi connectivity index (χ3n) is 4.46. The molecule has 0 bridgehead atoms. The molecule has 120 valence electrons. The van der Waals surface area contributed by atoms with Crippen molar-refractivity contribution in [2.75, 3.05) is 19.6 Å². The molecular formula is C18H25NO3. The van der Waals surface area contributed by atoms with E-state index >= 15 is 0 Å². The topological polar surface area (TPSA) is 60.8 Å². The summed E-state index contributed by atoms with van der Waals surface area (Å²) in [6.45, 7) is 3.82. The number of carbonyl (C=O) groups is 1. The number of benzene rings is 1. The normalized spacial score (nSPS) is 26.4. The summed E-state index contributed by atoms with van der Waals surface area (Å²) in [7, 11) is 0. The van der Waals surface area contributed by atoms with Gasteiger partial charge in [-0.2, -0.15) is 0 Å². The molecule has 1 aliphatic rings. The fourth-order valence-electron chi connectivity index (χ4n) is 3.23. The van der Waals surface area contributed by atoms with E-state index in [-0.39, 0.29) is 0 Å². The number of piperidine rings is 1. The maximum Gasteiger partial charge on any atom is 0.313 e. The van der Waals surface area contributed by atoms with E-state index in [1.807, 2.05) is 43.3 Å². The van der Waals surface area contributed by atoms with E-state index in [0.29, 0.717) is 25.9 Å². The van der Waals surface area contributed by atoms with Crippen LogP contribution >= 0.6 is 0 Å². The lowest BCUT2D eigenvalue weighted by molar-refractivity contribution is -0.164. The second kappa shape index (κ2) is 7.56. The molecule has 1 fully saturated rings. The number of carboxylic acids is 1. The number of hydrogen-bond donors (Lipinski definition) is 2. The number of likely N-dealkylation sites (tertiary alicyclic amines) is 1. The lowest BCUT2D eigenvalue weighted by Crippen LogP contribution is -2.55. The Bertz CT molecular complexity index is 514. The maximum atomic E-state index is 11.7. The Morgan fingerprint density at radius 1 is 1.41 bits per heavy atom. The van der Waals surface area contributed by atoms with Gasteiger partial charge in [0.2, 0.25) is 0 Å². The average molecular weight is 303 g/mol. The van der Waals surface area contributed by atoms with Gasteiger partial charge in [-0.3, -0.25) is 9.69 Å². The highest BCUT2D eigenvalue weighted by atomic mass is 16.4. The van der Waals surface area contributed by atoms with Crippen molar-refractivity contribution < 1.29 is 15.0 Å². The van der Waals surface area contributed by atoms with Gasteiger partial charge < -0.3 is 10.2 Å². The molecule has 0 spiro atoms. The van der Waals surface area contributed by atoms with Gasteiger partial charge in [0.15, 0.2) is 0 Å². The second-order valence-electron chi connectivity index (χ2n) is 6.06. The molecule has 0 aliphatic carbocycles. The number of aliphatic hydroxyl groups is 1. The predicted molar refractivity (Wildman–Crippen MR) is 87.5 cm³/mol. The van der Waals surface area contributed by atoms with Crippen LogP contribution in [0.1, 0.15) is 31.7 Å². The molecule has 1 aliphatic heterocycles. The summed E-state index contributed by atoms with van der Waals surface area (Å²) in [6.07, 6.45) is 5.16. The second-order valence-corrected chi connectivity index (χ2v) is 6.06. The van der Waals surface area contributed by atoms with Gasteiger partial charge in [0, 0.05) is 19.6 Å². The molecule has 2 atom stereocenters. The SMILES string of the molecule is CCC[C@@]1(C(=O)O)CN(C/C=C/c2ccccc2)CC[C@H]1O. The number of nitrogens with zero attached hydrogens (tertiary/aromatic N) is 1. The molecule has 0 amide bonds. The molecule has 22 heavy (non-hydrogen) atoms. The van der Waals surface area contributed by atoms with Crippen LogP contribution in [0.5, 0.6) is 0 Å². The van der Waals surface area contributed by atoms with Crippen LogP contribution in [0, 0.1) is 5.41 Å². The molecule has 4 heteroatoms. The molecule has 1 aromatic rings. The van der Waals surface area contributed by atoms with Gasteiger partial charge >= 0.3 is 5.97 Å². The quantitative estimate of drug-likeness (QED) is 0.848. The minimum Gasteiger partial charge on any atom is -0.481 e. The van der Waals surface area contributed by atoms with Crippen molar-refractivity contribution in [3.05, 3.63) is 42.0 Å². The van der Waals surface area contributed by atoms with Gasteiger partial charge in [-0.25, -0.2) is 0 Å². The van der Waals surface area contributed by atoms with Crippen molar-refractivity contribution in [1.29, 1.82) is 0 Å². The number of hydrogen-bond acceptors (Lipinski definition) is 3. The Morgan fingerprint density at radius 3 is 2.77 bits per heavy atom. The Balaban J connectivity index is 2.01. The molecule has 2 N–H and O–H groups in total. The standard InChI is InChI=1S/C18H25NO3/c1-2-11-18(17(21)22)14-19(13-10-16(18)20)12-6-9-15-7-4-3-5-8-15/h3-9,16,20H,2,10-14H2,1H3,(H,21,22)/b9-6+/t16-,18-/m1/s1. The lowest BCUT2D eigenvalue weighted by Gasteiger charge is -2.43. The van der Waals surface area contributed by atoms with E-state index in [1.165, 1.54) is 0 Å². The van der Waals surface area contributed by atoms with Gasteiger partial charge in [-0.05, 0) is 18.4 Å². The van der Waals surface area contributed by atoms with Gasteiger partial charge in [0.1, 0.15) is 5.41 Å². The molecule has 1 heterocycles. The van der Waals surface area contributed by atoms with Crippen LogP contribution in [-0.2, 0) is 4.79 Å². The van der Waals surface area contributed by atoms with Crippen LogP contribution < -0.4 is 0 Å². The van der Waals surface area contributed by atoms with E-state index < -0.39 is 17.5 Å². The summed E-state index contributed by atoms with van der Waals surface area (Å²) in [6, 6.07) is 10.0. The van der Waals surface area contributed by atoms with Gasteiger partial charge in [-0.1, -0.05) is 55.8 Å². The molecule has 0 saturated carbocycles. The zero-order valence-corrected chi connectivity index (χ0v) is 13.1. The van der Waals surface area contributed by atoms with Crippen LogP contribution in [0.15, 0.2) is 36.4 Å². The summed E-state index contributed by atoms with van der Waals surface area (Å²) < 4.78 is 0. The molecule has 0 radical (unpaired) electrons. The molecule has 1 aromatic carbocycles. The highest BCUT2D eigenvalue weighted by Crippen LogP contribution is 2.35. The largest absolute Gasteiger partial charge is 0.481 e. The minimum atomic E-state index is -1.02. The Morgan fingerprint density at radius 2 is 2.14 bits per heavy atom. The van der Waals surface area contributed by atoms with Crippen molar-refractivity contribution in [2.24, 2.45) is 5.41 Å². The molecule has 0 unspecified atom stereocenters. The van der Waals surface area contributed by atoms with Gasteiger partial charge in [-0.15, -0.1) is 0 Å². The lowest BCUT2D eigenvalue weighted by atomic mass is 9.74. The number of rotatable bonds is 6. The van der Waals surface area contributed by atoms with Crippen LogP contribution in [-0.4, -0.2) is 46.8 Å². The number of carboxylic acid groups (broad SMARTS) is 1. The summed E-state index contributed by atoms with van der Waals surface area (Å²) in [5, 5.41) is 19.8. The summed E-state index contributed by atoms with van der Waals surface area (Å²) in [4.78, 5) is 13.8. The monoisotopic (exact) mass is 303 g/mol. The molecule has 0 aromatic heterocycles. The first-order valence-electron chi connectivity index (χ1n) is 7.94. The first kappa shape index (κ1) is 16.7. The summed E-state index contributed by atoms with van der Waals surface area (Å²) >= 11 is 0. The van der Waals surface area contributed by atoms with E-state index in [0.717, 1.165) is 18.5 Å². The molecular weight excluding hydrogens is 278 g/mol. The van der Waals surface area contributed by atoms with E-state index in [4.69, 9.17) is 0 Å². The van der Waals surface area contributed by atoms with Crippen LogP contribution in [0.3, 0.4) is 0 Å². The van der Waals surface area contributed by atoms with E-state index in [9.17, 15) is 15.0 Å². The highest BCUT2D eigenvalue weighted by Gasteiger charge is 2.48. The van der Waals surface area contributed by atoms with Crippen LogP contribution in [0.4, 0.5) is 0 Å². The zero-order valence-electron chi connectivity index (χ0n) is 13.1. The van der Waals surface area contributed by atoms with Gasteiger partial charge in [0.25, 0.3) is 0 Å². The van der Waals surface area contributed by atoms with Gasteiger partial charge in [0.05, 0.1) is 6.10 Å². The van der Waals surface area contributed by atoms with Crippen molar-refractivity contribution in [3.8, 4) is 0 Å².